The van der Waals surface area contributed by atoms with Gasteiger partial charge < -0.3 is 5.32 Å². The smallest absolute Gasteiger partial charge is 0.217 e. The molecule has 1 amide bonds. The summed E-state index contributed by atoms with van der Waals surface area (Å²) in [5, 5.41) is 7.40. The van der Waals surface area contributed by atoms with Crippen molar-refractivity contribution in [3.05, 3.63) is 65.1 Å². The Morgan fingerprint density at radius 3 is 2.52 bits per heavy atom. The molecular weight excluding hydrogens is 312 g/mol. The number of aromatic nitrogens is 3. The quantitative estimate of drug-likeness (QED) is 0.794. The highest BCUT2D eigenvalue weighted by molar-refractivity contribution is 5.73. The minimum atomic E-state index is -0.0468. The maximum atomic E-state index is 11.0. The fourth-order valence-electron chi connectivity index (χ4n) is 2.82. The molecule has 0 spiro atoms. The van der Waals surface area contributed by atoms with Crippen LogP contribution in [-0.2, 0) is 11.3 Å². The van der Waals surface area contributed by atoms with E-state index in [1.807, 2.05) is 23.7 Å². The molecular formula is C20H22N4O. The fraction of sp³-hybridized carbons (Fsp3) is 0.250. The van der Waals surface area contributed by atoms with Crippen molar-refractivity contribution >= 4 is 5.91 Å². The lowest BCUT2D eigenvalue weighted by atomic mass is 10.1. The summed E-state index contributed by atoms with van der Waals surface area (Å²) in [4.78, 5) is 15.6. The summed E-state index contributed by atoms with van der Waals surface area (Å²) >= 11 is 0. The number of aryl methyl sites for hydroxylation is 3. The van der Waals surface area contributed by atoms with Crippen LogP contribution in [0.5, 0.6) is 0 Å². The van der Waals surface area contributed by atoms with Gasteiger partial charge in [0.05, 0.1) is 17.1 Å². The molecule has 0 atom stereocenters. The van der Waals surface area contributed by atoms with E-state index in [0.29, 0.717) is 6.54 Å². The standard InChI is InChI=1S/C20H22N4O/c1-13-5-7-18(20(9-13)24-15(3)10-14(2)23-24)19-8-6-17(12-22-19)11-21-16(4)25/h5-10,12H,11H2,1-4H3,(H,21,25). The Morgan fingerprint density at radius 1 is 1.12 bits per heavy atom. The number of benzene rings is 1. The molecule has 5 nitrogen and oxygen atoms in total. The number of nitrogens with one attached hydrogen (secondary N) is 1. The second kappa shape index (κ2) is 6.89. The van der Waals surface area contributed by atoms with E-state index in [9.17, 15) is 4.79 Å². The van der Waals surface area contributed by atoms with Crippen LogP contribution in [-0.4, -0.2) is 20.7 Å². The number of hydrogen-bond acceptors (Lipinski definition) is 3. The van der Waals surface area contributed by atoms with E-state index >= 15 is 0 Å². The monoisotopic (exact) mass is 334 g/mol. The molecule has 0 bridgehead atoms. The Bertz CT molecular complexity index is 910. The van der Waals surface area contributed by atoms with Crippen LogP contribution >= 0.6 is 0 Å². The second-order valence-corrected chi connectivity index (χ2v) is 6.32. The molecule has 0 radical (unpaired) electrons. The predicted molar refractivity (Wildman–Crippen MR) is 98.5 cm³/mol. The van der Waals surface area contributed by atoms with E-state index in [1.54, 1.807) is 6.20 Å². The second-order valence-electron chi connectivity index (χ2n) is 6.32. The summed E-state index contributed by atoms with van der Waals surface area (Å²) in [7, 11) is 0. The zero-order valence-corrected chi connectivity index (χ0v) is 15.0. The van der Waals surface area contributed by atoms with Crippen LogP contribution < -0.4 is 5.32 Å². The zero-order valence-electron chi connectivity index (χ0n) is 15.0. The third-order valence-corrected chi connectivity index (χ3v) is 4.03. The number of pyridine rings is 1. The SMILES string of the molecule is CC(=O)NCc1ccc(-c2ccc(C)cc2-n2nc(C)cc2C)nc1. The number of nitrogens with zero attached hydrogens (tertiary/aromatic N) is 3. The molecule has 2 aromatic heterocycles. The average molecular weight is 334 g/mol. The molecule has 5 heteroatoms. The summed E-state index contributed by atoms with van der Waals surface area (Å²) in [5.74, 6) is -0.0468. The van der Waals surface area contributed by atoms with Gasteiger partial charge in [-0.15, -0.1) is 0 Å². The van der Waals surface area contributed by atoms with E-state index in [-0.39, 0.29) is 5.91 Å². The van der Waals surface area contributed by atoms with Crippen molar-refractivity contribution in [3.8, 4) is 16.9 Å². The molecule has 2 heterocycles. The summed E-state index contributed by atoms with van der Waals surface area (Å²) in [5.41, 5.74) is 7.16. The van der Waals surface area contributed by atoms with Gasteiger partial charge in [-0.1, -0.05) is 18.2 Å². The normalized spacial score (nSPS) is 10.7. The van der Waals surface area contributed by atoms with Crippen molar-refractivity contribution in [2.45, 2.75) is 34.2 Å². The van der Waals surface area contributed by atoms with Crippen LogP contribution in [0, 0.1) is 20.8 Å². The van der Waals surface area contributed by atoms with E-state index in [2.05, 4.69) is 53.5 Å². The minimum Gasteiger partial charge on any atom is -0.352 e. The largest absolute Gasteiger partial charge is 0.352 e. The van der Waals surface area contributed by atoms with Gasteiger partial charge >= 0.3 is 0 Å². The summed E-state index contributed by atoms with van der Waals surface area (Å²) in [6.45, 7) is 8.11. The number of amides is 1. The maximum absolute atomic E-state index is 11.0. The highest BCUT2D eigenvalue weighted by Gasteiger charge is 2.12. The first-order valence-corrected chi connectivity index (χ1v) is 8.28. The van der Waals surface area contributed by atoms with Gasteiger partial charge in [0.25, 0.3) is 0 Å². The Morgan fingerprint density at radius 2 is 1.92 bits per heavy atom. The van der Waals surface area contributed by atoms with E-state index in [4.69, 9.17) is 0 Å². The first-order chi connectivity index (χ1) is 11.9. The molecule has 0 aliphatic rings. The van der Waals surface area contributed by atoms with Gasteiger partial charge in [-0.2, -0.15) is 5.10 Å². The van der Waals surface area contributed by atoms with Gasteiger partial charge in [0.2, 0.25) is 5.91 Å². The first-order valence-electron chi connectivity index (χ1n) is 8.28. The van der Waals surface area contributed by atoms with Gasteiger partial charge in [-0.25, -0.2) is 4.68 Å². The Hall–Kier alpha value is -2.95. The van der Waals surface area contributed by atoms with Crippen molar-refractivity contribution in [2.24, 2.45) is 0 Å². The van der Waals surface area contributed by atoms with Crippen LogP contribution in [0.4, 0.5) is 0 Å². The van der Waals surface area contributed by atoms with Crippen LogP contribution in [0.2, 0.25) is 0 Å². The molecule has 0 aliphatic heterocycles. The van der Waals surface area contributed by atoms with E-state index in [1.165, 1.54) is 12.5 Å². The fourth-order valence-corrected chi connectivity index (χ4v) is 2.82. The molecule has 0 fully saturated rings. The van der Waals surface area contributed by atoms with Gasteiger partial charge in [-0.05, 0) is 50.1 Å². The van der Waals surface area contributed by atoms with Gasteiger partial charge in [-0.3, -0.25) is 9.78 Å². The number of carbonyl (C=O) groups is 1. The van der Waals surface area contributed by atoms with Crippen LogP contribution in [0.1, 0.15) is 29.4 Å². The molecule has 1 N–H and O–H groups in total. The van der Waals surface area contributed by atoms with Crippen molar-refractivity contribution in [1.29, 1.82) is 0 Å². The van der Waals surface area contributed by atoms with Gasteiger partial charge in [0.1, 0.15) is 0 Å². The lowest BCUT2D eigenvalue weighted by molar-refractivity contribution is -0.119. The molecule has 0 saturated carbocycles. The molecule has 3 rings (SSSR count). The maximum Gasteiger partial charge on any atom is 0.217 e. The lowest BCUT2D eigenvalue weighted by Crippen LogP contribution is -2.18. The third kappa shape index (κ3) is 3.76. The summed E-state index contributed by atoms with van der Waals surface area (Å²) in [6, 6.07) is 12.3. The molecule has 3 aromatic rings. The Labute approximate surface area is 147 Å². The minimum absolute atomic E-state index is 0.0468. The van der Waals surface area contributed by atoms with Crippen molar-refractivity contribution < 1.29 is 4.79 Å². The van der Waals surface area contributed by atoms with Crippen LogP contribution in [0.25, 0.3) is 16.9 Å². The van der Waals surface area contributed by atoms with Crippen molar-refractivity contribution in [1.82, 2.24) is 20.1 Å². The number of rotatable bonds is 4. The number of hydrogen-bond donors (Lipinski definition) is 1. The Balaban J connectivity index is 2.00. The summed E-state index contributed by atoms with van der Waals surface area (Å²) < 4.78 is 1.96. The number of carbonyl (C=O) groups excluding carboxylic acids is 1. The van der Waals surface area contributed by atoms with Crippen LogP contribution in [0.3, 0.4) is 0 Å². The topological polar surface area (TPSA) is 59.8 Å². The molecule has 128 valence electrons. The summed E-state index contributed by atoms with van der Waals surface area (Å²) in [6.07, 6.45) is 1.80. The Kier molecular flexibility index (Phi) is 4.65. The van der Waals surface area contributed by atoms with Crippen LogP contribution in [0.15, 0.2) is 42.6 Å². The lowest BCUT2D eigenvalue weighted by Gasteiger charge is -2.12. The molecule has 1 aromatic carbocycles. The van der Waals surface area contributed by atoms with Gasteiger partial charge in [0.15, 0.2) is 0 Å². The van der Waals surface area contributed by atoms with E-state index < -0.39 is 0 Å². The first kappa shape index (κ1) is 16.9. The van der Waals surface area contributed by atoms with Crippen molar-refractivity contribution in [3.63, 3.8) is 0 Å². The molecule has 0 aliphatic carbocycles. The third-order valence-electron chi connectivity index (χ3n) is 4.03. The molecule has 25 heavy (non-hydrogen) atoms. The molecule has 0 unspecified atom stereocenters. The average Bonchev–Trinajstić information content (AvgIpc) is 2.92. The van der Waals surface area contributed by atoms with Crippen molar-refractivity contribution in [2.75, 3.05) is 0 Å². The zero-order chi connectivity index (χ0) is 18.0. The highest BCUT2D eigenvalue weighted by Crippen LogP contribution is 2.27. The molecule has 0 saturated heterocycles. The van der Waals surface area contributed by atoms with E-state index in [0.717, 1.165) is 33.9 Å². The van der Waals surface area contributed by atoms with Gasteiger partial charge in [0, 0.05) is 30.9 Å². The highest BCUT2D eigenvalue weighted by atomic mass is 16.1. The predicted octanol–water partition coefficient (Wildman–Crippen LogP) is 3.50.